The number of benzene rings is 1. The molecule has 0 aliphatic carbocycles. The molecule has 0 radical (unpaired) electrons. The number of carbonyl (C=O) groups excluding carboxylic acids is 2. The van der Waals surface area contributed by atoms with Crippen molar-refractivity contribution in [1.82, 2.24) is 10.2 Å². The van der Waals surface area contributed by atoms with Gasteiger partial charge in [-0.25, -0.2) is 4.79 Å². The second kappa shape index (κ2) is 5.73. The molecule has 1 fully saturated rings. The van der Waals surface area contributed by atoms with Gasteiger partial charge in [-0.2, -0.15) is 0 Å². The Morgan fingerprint density at radius 3 is 2.63 bits per heavy atom. The lowest BCUT2D eigenvalue weighted by atomic mass is 10.1. The van der Waals surface area contributed by atoms with E-state index < -0.39 is 6.04 Å². The fourth-order valence-corrected chi connectivity index (χ4v) is 2.06. The number of nitrogens with one attached hydrogen (secondary N) is 2. The first-order chi connectivity index (χ1) is 9.11. The van der Waals surface area contributed by atoms with Crippen molar-refractivity contribution in [3.63, 3.8) is 0 Å². The van der Waals surface area contributed by atoms with Crippen LogP contribution in [-0.4, -0.2) is 36.0 Å². The molecule has 102 valence electrons. The topological polar surface area (TPSA) is 61.4 Å². The van der Waals surface area contributed by atoms with Crippen LogP contribution in [0.1, 0.15) is 19.4 Å². The first-order valence-electron chi connectivity index (χ1n) is 6.56. The summed E-state index contributed by atoms with van der Waals surface area (Å²) in [5, 5.41) is 5.74. The summed E-state index contributed by atoms with van der Waals surface area (Å²) in [6, 6.07) is 7.24. The molecule has 1 aromatic rings. The average Bonchev–Trinajstić information content (AvgIpc) is 2.85. The van der Waals surface area contributed by atoms with Crippen LogP contribution >= 0.6 is 0 Å². The number of nitrogens with zero attached hydrogens (tertiary/aromatic N) is 1. The molecule has 1 aromatic carbocycles. The second-order valence-electron chi connectivity index (χ2n) is 4.64. The summed E-state index contributed by atoms with van der Waals surface area (Å²) in [6.07, 6.45) is 0.989. The van der Waals surface area contributed by atoms with E-state index in [2.05, 4.69) is 17.6 Å². The molecule has 0 bridgehead atoms. The Morgan fingerprint density at radius 2 is 2.11 bits per heavy atom. The van der Waals surface area contributed by atoms with Crippen LogP contribution in [0.5, 0.6) is 0 Å². The number of urea groups is 1. The van der Waals surface area contributed by atoms with Crippen LogP contribution in [0.25, 0.3) is 0 Å². The normalized spacial score (nSPS) is 16.1. The van der Waals surface area contributed by atoms with Crippen LogP contribution in [0, 0.1) is 0 Å². The van der Waals surface area contributed by atoms with Gasteiger partial charge in [-0.05, 0) is 31.0 Å². The predicted octanol–water partition coefficient (Wildman–Crippen LogP) is 1.60. The fraction of sp³-hybridized carbons (Fsp3) is 0.429. The lowest BCUT2D eigenvalue weighted by Gasteiger charge is -2.19. The maximum atomic E-state index is 12.1. The van der Waals surface area contributed by atoms with E-state index in [0.717, 1.165) is 12.1 Å². The minimum Gasteiger partial charge on any atom is -0.374 e. The maximum absolute atomic E-state index is 12.1. The summed E-state index contributed by atoms with van der Waals surface area (Å²) in [5.41, 5.74) is 2.14. The quantitative estimate of drug-likeness (QED) is 0.865. The number of amides is 3. The molecule has 2 rings (SSSR count). The summed E-state index contributed by atoms with van der Waals surface area (Å²) in [5.74, 6) is -0.199. The lowest BCUT2D eigenvalue weighted by molar-refractivity contribution is -0.128. The number of anilines is 1. The SMILES string of the molecule is CCc1ccc(N[C@@H](C)C(=O)N2CCNC2=O)cc1. The number of hydrogen-bond donors (Lipinski definition) is 2. The zero-order chi connectivity index (χ0) is 13.8. The van der Waals surface area contributed by atoms with Gasteiger partial charge in [0.1, 0.15) is 6.04 Å². The molecule has 19 heavy (non-hydrogen) atoms. The lowest BCUT2D eigenvalue weighted by Crippen LogP contribution is -2.43. The van der Waals surface area contributed by atoms with Crippen LogP contribution < -0.4 is 10.6 Å². The van der Waals surface area contributed by atoms with Gasteiger partial charge in [0.15, 0.2) is 0 Å². The monoisotopic (exact) mass is 261 g/mol. The molecule has 2 N–H and O–H groups in total. The second-order valence-corrected chi connectivity index (χ2v) is 4.64. The van der Waals surface area contributed by atoms with Gasteiger partial charge in [0.25, 0.3) is 5.91 Å². The van der Waals surface area contributed by atoms with E-state index in [1.807, 2.05) is 24.3 Å². The molecule has 1 atom stereocenters. The van der Waals surface area contributed by atoms with E-state index in [9.17, 15) is 9.59 Å². The van der Waals surface area contributed by atoms with E-state index in [1.54, 1.807) is 6.92 Å². The summed E-state index contributed by atoms with van der Waals surface area (Å²) < 4.78 is 0. The molecule has 0 saturated carbocycles. The number of rotatable bonds is 4. The molecule has 0 unspecified atom stereocenters. The predicted molar refractivity (Wildman–Crippen MR) is 74.0 cm³/mol. The molecular formula is C14H19N3O2. The summed E-state index contributed by atoms with van der Waals surface area (Å²) in [6.45, 7) is 4.84. The van der Waals surface area contributed by atoms with Crippen LogP contribution in [-0.2, 0) is 11.2 Å². The molecule has 1 aliphatic rings. The minimum absolute atomic E-state index is 0.199. The van der Waals surface area contributed by atoms with Crippen molar-refractivity contribution in [3.05, 3.63) is 29.8 Å². The fourth-order valence-electron chi connectivity index (χ4n) is 2.06. The first kappa shape index (κ1) is 13.4. The van der Waals surface area contributed by atoms with E-state index in [-0.39, 0.29) is 11.9 Å². The molecule has 5 nitrogen and oxygen atoms in total. The smallest absolute Gasteiger partial charge is 0.324 e. The molecule has 5 heteroatoms. The average molecular weight is 261 g/mol. The van der Waals surface area contributed by atoms with Crippen molar-refractivity contribution in [2.24, 2.45) is 0 Å². The van der Waals surface area contributed by atoms with Crippen LogP contribution in [0.2, 0.25) is 0 Å². The number of hydrogen-bond acceptors (Lipinski definition) is 3. The molecule has 3 amide bonds. The summed E-state index contributed by atoms with van der Waals surface area (Å²) in [4.78, 5) is 24.8. The van der Waals surface area contributed by atoms with Gasteiger partial charge in [0.05, 0.1) is 0 Å². The maximum Gasteiger partial charge on any atom is 0.324 e. The zero-order valence-corrected chi connectivity index (χ0v) is 11.3. The van der Waals surface area contributed by atoms with Gasteiger partial charge in [0.2, 0.25) is 0 Å². The molecule has 1 saturated heterocycles. The minimum atomic E-state index is -0.420. The van der Waals surface area contributed by atoms with Crippen molar-refractivity contribution in [2.45, 2.75) is 26.3 Å². The van der Waals surface area contributed by atoms with Crippen LogP contribution in [0.3, 0.4) is 0 Å². The van der Waals surface area contributed by atoms with Crippen molar-refractivity contribution < 1.29 is 9.59 Å². The molecular weight excluding hydrogens is 242 g/mol. The Kier molecular flexibility index (Phi) is 4.04. The summed E-state index contributed by atoms with van der Waals surface area (Å²) >= 11 is 0. The number of carbonyl (C=O) groups is 2. The van der Waals surface area contributed by atoms with Gasteiger partial charge in [0, 0.05) is 18.8 Å². The highest BCUT2D eigenvalue weighted by Crippen LogP contribution is 2.12. The van der Waals surface area contributed by atoms with Gasteiger partial charge >= 0.3 is 6.03 Å². The third kappa shape index (κ3) is 3.05. The molecule has 1 heterocycles. The van der Waals surface area contributed by atoms with E-state index in [1.165, 1.54) is 10.5 Å². The Bertz CT molecular complexity index is 470. The largest absolute Gasteiger partial charge is 0.374 e. The third-order valence-electron chi connectivity index (χ3n) is 3.24. The standard InChI is InChI=1S/C14H19N3O2/c1-3-11-4-6-12(7-5-11)16-10(2)13(18)17-9-8-15-14(17)19/h4-7,10,16H,3,8-9H2,1-2H3,(H,15,19)/t10-/m0/s1. The number of aryl methyl sites for hydroxylation is 1. The van der Waals surface area contributed by atoms with Gasteiger partial charge in [-0.15, -0.1) is 0 Å². The van der Waals surface area contributed by atoms with Crippen molar-refractivity contribution in [2.75, 3.05) is 18.4 Å². The van der Waals surface area contributed by atoms with Crippen molar-refractivity contribution in [3.8, 4) is 0 Å². The Morgan fingerprint density at radius 1 is 1.42 bits per heavy atom. The van der Waals surface area contributed by atoms with Crippen LogP contribution in [0.4, 0.5) is 10.5 Å². The van der Waals surface area contributed by atoms with E-state index in [4.69, 9.17) is 0 Å². The van der Waals surface area contributed by atoms with Crippen molar-refractivity contribution in [1.29, 1.82) is 0 Å². The van der Waals surface area contributed by atoms with E-state index in [0.29, 0.717) is 13.1 Å². The molecule has 0 aromatic heterocycles. The first-order valence-corrected chi connectivity index (χ1v) is 6.56. The van der Waals surface area contributed by atoms with Crippen molar-refractivity contribution >= 4 is 17.6 Å². The Balaban J connectivity index is 1.97. The highest BCUT2D eigenvalue weighted by molar-refractivity contribution is 5.99. The van der Waals surface area contributed by atoms with Crippen LogP contribution in [0.15, 0.2) is 24.3 Å². The molecule has 0 spiro atoms. The van der Waals surface area contributed by atoms with Gasteiger partial charge < -0.3 is 10.6 Å². The highest BCUT2D eigenvalue weighted by Gasteiger charge is 2.29. The van der Waals surface area contributed by atoms with Gasteiger partial charge in [-0.3, -0.25) is 9.69 Å². The molecule has 1 aliphatic heterocycles. The third-order valence-corrected chi connectivity index (χ3v) is 3.24. The van der Waals surface area contributed by atoms with Gasteiger partial charge in [-0.1, -0.05) is 19.1 Å². The highest BCUT2D eigenvalue weighted by atomic mass is 16.2. The van der Waals surface area contributed by atoms with E-state index >= 15 is 0 Å². The summed E-state index contributed by atoms with van der Waals surface area (Å²) in [7, 11) is 0. The number of imide groups is 1. The Labute approximate surface area is 113 Å². The Hall–Kier alpha value is -2.04. The zero-order valence-electron chi connectivity index (χ0n) is 11.3.